The third kappa shape index (κ3) is 4.93. The van der Waals surface area contributed by atoms with Crippen LogP contribution in [0.3, 0.4) is 0 Å². The summed E-state index contributed by atoms with van der Waals surface area (Å²) in [6.45, 7) is 2.06. The third-order valence-corrected chi connectivity index (χ3v) is 8.81. The average molecular weight is 605 g/mol. The molecule has 0 radical (unpaired) electrons. The Morgan fingerprint density at radius 1 is 0.750 bits per heavy atom. The molecule has 0 bridgehead atoms. The Balaban J connectivity index is 1.37. The van der Waals surface area contributed by atoms with E-state index in [1.54, 1.807) is 6.07 Å². The van der Waals surface area contributed by atoms with Gasteiger partial charge in [0, 0.05) is 52.1 Å². The van der Waals surface area contributed by atoms with Gasteiger partial charge in [-0.25, -0.2) is 4.79 Å². The highest BCUT2D eigenvalue weighted by atomic mass is 31.2. The van der Waals surface area contributed by atoms with Crippen LogP contribution < -0.4 is 15.0 Å². The summed E-state index contributed by atoms with van der Waals surface area (Å²) in [5, 5.41) is 3.43. The summed E-state index contributed by atoms with van der Waals surface area (Å²) in [4.78, 5) is 34.6. The summed E-state index contributed by atoms with van der Waals surface area (Å²) in [6.07, 6.45) is -0.326. The van der Waals surface area contributed by atoms with Crippen molar-refractivity contribution in [3.8, 4) is 11.5 Å². The lowest BCUT2D eigenvalue weighted by Gasteiger charge is -2.37. The monoisotopic (exact) mass is 604 g/mol. The van der Waals surface area contributed by atoms with E-state index in [4.69, 9.17) is 9.47 Å². The molecule has 8 nitrogen and oxygen atoms in total. The van der Waals surface area contributed by atoms with E-state index in [9.17, 15) is 19.1 Å². The van der Waals surface area contributed by atoms with Crippen LogP contribution in [0.15, 0.2) is 115 Å². The summed E-state index contributed by atoms with van der Waals surface area (Å²) in [6, 6.07) is 36.2. The summed E-state index contributed by atoms with van der Waals surface area (Å²) in [5.74, 6) is 0.597. The topological polar surface area (TPSA) is 108 Å². The predicted molar refractivity (Wildman–Crippen MR) is 170 cm³/mol. The van der Waals surface area contributed by atoms with Gasteiger partial charge in [-0.3, -0.25) is 4.57 Å². The van der Waals surface area contributed by atoms with Gasteiger partial charge >= 0.3 is 13.6 Å². The fraction of sp³-hybridized carbons (Fsp3) is 0.114. The number of hydrogen-bond acceptors (Lipinski definition) is 6. The number of carbonyl (C=O) groups is 1. The average Bonchev–Trinajstić information content (AvgIpc) is 3.31. The maximum absolute atomic E-state index is 13.3. The lowest BCUT2D eigenvalue weighted by molar-refractivity contribution is 0.0224. The van der Waals surface area contributed by atoms with Crippen molar-refractivity contribution in [2.24, 2.45) is 0 Å². The molecule has 9 heteroatoms. The van der Waals surface area contributed by atoms with Crippen molar-refractivity contribution in [1.82, 2.24) is 0 Å². The summed E-state index contributed by atoms with van der Waals surface area (Å²) >= 11 is 0. The van der Waals surface area contributed by atoms with Crippen molar-refractivity contribution in [3.63, 3.8) is 0 Å². The molecule has 1 spiro atoms. The number of ether oxygens (including phenoxy) is 2. The normalized spacial score (nSPS) is 16.4. The minimum absolute atomic E-state index is 0.0835. The molecule has 0 aromatic heterocycles. The van der Waals surface area contributed by atoms with Crippen molar-refractivity contribution in [3.05, 3.63) is 143 Å². The van der Waals surface area contributed by atoms with Crippen molar-refractivity contribution >= 4 is 36.3 Å². The SMILES string of the molecule is Cc1ccc(N(CCP(=O)(O)O)c2ccc3c(c2)Oc2ccc(Nc4ccccc4)cc2C32OC(=O)c3ccccc32)cc1. The summed E-state index contributed by atoms with van der Waals surface area (Å²) in [5.41, 5.74) is 5.54. The van der Waals surface area contributed by atoms with Crippen LogP contribution in [0.25, 0.3) is 0 Å². The molecule has 1 unspecified atom stereocenters. The molecule has 2 heterocycles. The van der Waals surface area contributed by atoms with E-state index < -0.39 is 19.2 Å². The summed E-state index contributed by atoms with van der Waals surface area (Å²) < 4.78 is 24.7. The number of esters is 1. The fourth-order valence-electron chi connectivity index (χ4n) is 5.96. The van der Waals surface area contributed by atoms with Gasteiger partial charge in [-0.2, -0.15) is 0 Å². The number of benzene rings is 5. The van der Waals surface area contributed by atoms with Crippen LogP contribution in [0.2, 0.25) is 0 Å². The first kappa shape index (κ1) is 27.9. The molecule has 7 rings (SSSR count). The molecule has 0 amide bonds. The zero-order valence-corrected chi connectivity index (χ0v) is 24.7. The first-order chi connectivity index (χ1) is 21.2. The number of fused-ring (bicyclic) bond motifs is 6. The van der Waals surface area contributed by atoms with Gasteiger partial charge < -0.3 is 29.5 Å². The van der Waals surface area contributed by atoms with Crippen LogP contribution in [0.4, 0.5) is 22.7 Å². The van der Waals surface area contributed by atoms with Crippen molar-refractivity contribution in [1.29, 1.82) is 0 Å². The number of nitrogens with zero attached hydrogens (tertiary/aromatic N) is 1. The smallest absolute Gasteiger partial charge is 0.340 e. The molecular weight excluding hydrogens is 575 g/mol. The Morgan fingerprint density at radius 3 is 2.25 bits per heavy atom. The molecule has 0 fully saturated rings. The Kier molecular flexibility index (Phi) is 6.78. The minimum atomic E-state index is -4.27. The molecule has 5 aromatic rings. The predicted octanol–water partition coefficient (Wildman–Crippen LogP) is 7.62. The van der Waals surface area contributed by atoms with E-state index >= 15 is 0 Å². The molecule has 44 heavy (non-hydrogen) atoms. The van der Waals surface area contributed by atoms with Crippen LogP contribution in [-0.4, -0.2) is 28.5 Å². The second-order valence-electron chi connectivity index (χ2n) is 11.0. The van der Waals surface area contributed by atoms with Crippen LogP contribution >= 0.6 is 7.60 Å². The minimum Gasteiger partial charge on any atom is -0.456 e. The van der Waals surface area contributed by atoms with Crippen LogP contribution in [0.1, 0.15) is 32.6 Å². The van der Waals surface area contributed by atoms with E-state index in [-0.39, 0.29) is 12.7 Å². The summed E-state index contributed by atoms with van der Waals surface area (Å²) in [7, 11) is -4.27. The molecule has 3 N–H and O–H groups in total. The number of para-hydroxylation sites is 1. The van der Waals surface area contributed by atoms with Gasteiger partial charge in [0.1, 0.15) is 11.5 Å². The Bertz CT molecular complexity index is 1940. The molecule has 2 aliphatic rings. The van der Waals surface area contributed by atoms with Gasteiger partial charge in [0.25, 0.3) is 0 Å². The molecule has 2 aliphatic heterocycles. The van der Waals surface area contributed by atoms with E-state index in [0.29, 0.717) is 33.9 Å². The lowest BCUT2D eigenvalue weighted by atomic mass is 9.77. The number of aryl methyl sites for hydroxylation is 1. The number of carbonyl (C=O) groups excluding carboxylic acids is 1. The van der Waals surface area contributed by atoms with Crippen molar-refractivity contribution in [2.45, 2.75) is 12.5 Å². The molecule has 1 atom stereocenters. The third-order valence-electron chi connectivity index (χ3n) is 8.03. The Hall–Kier alpha value is -4.88. The van der Waals surface area contributed by atoms with E-state index in [1.165, 1.54) is 0 Å². The quantitative estimate of drug-likeness (QED) is 0.129. The van der Waals surface area contributed by atoms with Crippen molar-refractivity contribution in [2.75, 3.05) is 22.9 Å². The van der Waals surface area contributed by atoms with Gasteiger partial charge in [-0.1, -0.05) is 54.1 Å². The van der Waals surface area contributed by atoms with Gasteiger partial charge in [0.05, 0.1) is 11.7 Å². The second kappa shape index (κ2) is 10.7. The Morgan fingerprint density at radius 2 is 1.48 bits per heavy atom. The fourth-order valence-corrected chi connectivity index (χ4v) is 6.42. The molecular formula is C35H29N2O6P. The van der Waals surface area contributed by atoms with Crippen LogP contribution in [-0.2, 0) is 14.9 Å². The van der Waals surface area contributed by atoms with E-state index in [2.05, 4.69) is 5.32 Å². The standard InChI is InChI=1S/C35H29N2O6P/c1-23-11-14-26(15-12-23)37(19-20-44(39,40)41)27-16-17-30-33(22-27)42-32-18-13-25(36-24-7-3-2-4-8-24)21-31(32)35(30)29-10-6-5-9-28(29)34(38)43-35/h2-18,21-22,36H,19-20H2,1H3,(H2,39,40,41). The van der Waals surface area contributed by atoms with E-state index in [0.717, 1.165) is 28.2 Å². The molecule has 0 saturated carbocycles. The number of rotatable bonds is 7. The maximum Gasteiger partial charge on any atom is 0.340 e. The number of nitrogens with one attached hydrogen (secondary N) is 1. The van der Waals surface area contributed by atoms with Gasteiger partial charge in [0.2, 0.25) is 0 Å². The first-order valence-corrected chi connectivity index (χ1v) is 16.0. The highest BCUT2D eigenvalue weighted by molar-refractivity contribution is 7.51. The zero-order chi connectivity index (χ0) is 30.5. The Labute approximate surface area is 254 Å². The maximum atomic E-state index is 13.3. The first-order valence-electron chi connectivity index (χ1n) is 14.2. The lowest BCUT2D eigenvalue weighted by Crippen LogP contribution is -2.33. The zero-order valence-electron chi connectivity index (χ0n) is 23.8. The van der Waals surface area contributed by atoms with E-state index in [1.807, 2.05) is 121 Å². The number of anilines is 4. The second-order valence-corrected chi connectivity index (χ2v) is 12.8. The molecule has 0 saturated heterocycles. The molecule has 220 valence electrons. The van der Waals surface area contributed by atoms with Crippen LogP contribution in [0, 0.1) is 6.92 Å². The number of hydrogen-bond donors (Lipinski definition) is 3. The molecule has 0 aliphatic carbocycles. The van der Waals surface area contributed by atoms with Gasteiger partial charge in [-0.05, 0) is 67.6 Å². The highest BCUT2D eigenvalue weighted by Crippen LogP contribution is 2.57. The van der Waals surface area contributed by atoms with Crippen LogP contribution in [0.5, 0.6) is 11.5 Å². The highest BCUT2D eigenvalue weighted by Gasteiger charge is 2.53. The largest absolute Gasteiger partial charge is 0.456 e. The van der Waals surface area contributed by atoms with Gasteiger partial charge in [-0.15, -0.1) is 0 Å². The molecule has 5 aromatic carbocycles. The van der Waals surface area contributed by atoms with Crippen molar-refractivity contribution < 1.29 is 28.6 Å². The van der Waals surface area contributed by atoms with Gasteiger partial charge in [0.15, 0.2) is 5.60 Å².